The van der Waals surface area contributed by atoms with Crippen molar-refractivity contribution in [2.75, 3.05) is 17.2 Å². The monoisotopic (exact) mass is 505 g/mol. The molecule has 2 heterocycles. The van der Waals surface area contributed by atoms with E-state index in [1.807, 2.05) is 0 Å². The Kier molecular flexibility index (Phi) is 7.77. The molecule has 0 spiro atoms. The highest BCUT2D eigenvalue weighted by atomic mass is 19.1. The molecule has 0 fully saturated rings. The van der Waals surface area contributed by atoms with Gasteiger partial charge in [0.25, 0.3) is 0 Å². The second kappa shape index (κ2) is 11.3. The van der Waals surface area contributed by atoms with Crippen LogP contribution in [0.25, 0.3) is 11.4 Å². The highest BCUT2D eigenvalue weighted by Crippen LogP contribution is 2.27. The lowest BCUT2D eigenvalue weighted by molar-refractivity contribution is -0.136. The zero-order valence-corrected chi connectivity index (χ0v) is 19.7. The summed E-state index contributed by atoms with van der Waals surface area (Å²) in [6.45, 7) is 1.42. The number of hydrogen-bond donors (Lipinski definition) is 6. The van der Waals surface area contributed by atoms with Crippen LogP contribution in [-0.2, 0) is 4.79 Å². The molecular formula is C26H24FN5O5. The summed E-state index contributed by atoms with van der Waals surface area (Å²) in [6.07, 6.45) is 1.97. The number of aliphatic hydroxyl groups is 1. The molecule has 1 atom stereocenters. The molecule has 10 nitrogen and oxygen atoms in total. The molecule has 11 heteroatoms. The SMILES string of the molecule is Cc1ccc(F)c(NC(=O)Nc2ccc(Oc3ccnc(-c4cc(C(O)NCC(=O)O)c[nH]4)c3)cc2)c1. The Morgan fingerprint density at radius 1 is 1.05 bits per heavy atom. The summed E-state index contributed by atoms with van der Waals surface area (Å²) in [4.78, 5) is 30.2. The molecule has 4 aromatic rings. The van der Waals surface area contributed by atoms with Gasteiger partial charge in [0.05, 0.1) is 23.6 Å². The predicted octanol–water partition coefficient (Wildman–Crippen LogP) is 4.63. The first kappa shape index (κ1) is 25.4. The largest absolute Gasteiger partial charge is 0.480 e. The summed E-state index contributed by atoms with van der Waals surface area (Å²) in [6, 6.07) is 15.5. The molecule has 0 radical (unpaired) electrons. The lowest BCUT2D eigenvalue weighted by Gasteiger charge is -2.10. The van der Waals surface area contributed by atoms with Crippen molar-refractivity contribution in [3.8, 4) is 22.9 Å². The molecule has 190 valence electrons. The van der Waals surface area contributed by atoms with Gasteiger partial charge in [-0.2, -0.15) is 0 Å². The lowest BCUT2D eigenvalue weighted by Crippen LogP contribution is -2.26. The van der Waals surface area contributed by atoms with E-state index in [1.54, 1.807) is 73.9 Å². The van der Waals surface area contributed by atoms with Crippen molar-refractivity contribution in [1.29, 1.82) is 0 Å². The van der Waals surface area contributed by atoms with Gasteiger partial charge in [-0.3, -0.25) is 15.1 Å². The van der Waals surface area contributed by atoms with Gasteiger partial charge >= 0.3 is 12.0 Å². The third kappa shape index (κ3) is 6.90. The maximum Gasteiger partial charge on any atom is 0.323 e. The summed E-state index contributed by atoms with van der Waals surface area (Å²) in [5.74, 6) is -0.596. The quantitative estimate of drug-likeness (QED) is 0.182. The normalized spacial score (nSPS) is 11.5. The molecule has 2 aromatic carbocycles. The van der Waals surface area contributed by atoms with Gasteiger partial charge in [-0.15, -0.1) is 0 Å². The highest BCUT2D eigenvalue weighted by Gasteiger charge is 2.13. The second-order valence-electron chi connectivity index (χ2n) is 8.09. The average molecular weight is 506 g/mol. The van der Waals surface area contributed by atoms with Gasteiger partial charge in [-0.05, 0) is 61.0 Å². The number of urea groups is 1. The molecule has 2 aromatic heterocycles. The van der Waals surface area contributed by atoms with Crippen LogP contribution in [0, 0.1) is 12.7 Å². The number of carboxylic acids is 1. The number of aryl methyl sites for hydroxylation is 1. The number of rotatable bonds is 9. The number of H-pyrrole nitrogens is 1. The Morgan fingerprint density at radius 3 is 2.59 bits per heavy atom. The van der Waals surface area contributed by atoms with Crippen LogP contribution in [-0.4, -0.2) is 38.7 Å². The number of hydrogen-bond acceptors (Lipinski definition) is 6. The van der Waals surface area contributed by atoms with Crippen LogP contribution in [0.15, 0.2) is 73.1 Å². The number of nitrogens with zero attached hydrogens (tertiary/aromatic N) is 1. The number of ether oxygens (including phenoxy) is 1. The average Bonchev–Trinajstić information content (AvgIpc) is 3.37. The zero-order chi connectivity index (χ0) is 26.4. The van der Waals surface area contributed by atoms with Crippen LogP contribution in [0.1, 0.15) is 17.4 Å². The van der Waals surface area contributed by atoms with Crippen molar-refractivity contribution >= 4 is 23.4 Å². The molecule has 0 aliphatic rings. The number of pyridine rings is 1. The Morgan fingerprint density at radius 2 is 1.84 bits per heavy atom. The van der Waals surface area contributed by atoms with E-state index in [0.717, 1.165) is 5.56 Å². The Balaban J connectivity index is 1.37. The number of amides is 2. The van der Waals surface area contributed by atoms with Crippen LogP contribution >= 0.6 is 0 Å². The summed E-state index contributed by atoms with van der Waals surface area (Å²) in [5.41, 5.74) is 3.01. The maximum atomic E-state index is 13.9. The summed E-state index contributed by atoms with van der Waals surface area (Å²) in [5, 5.41) is 26.4. The van der Waals surface area contributed by atoms with E-state index in [4.69, 9.17) is 9.84 Å². The number of halogens is 1. The molecule has 1 unspecified atom stereocenters. The Bertz CT molecular complexity index is 1410. The highest BCUT2D eigenvalue weighted by molar-refractivity contribution is 5.99. The van der Waals surface area contributed by atoms with Crippen LogP contribution in [0.3, 0.4) is 0 Å². The number of aromatic amines is 1. The summed E-state index contributed by atoms with van der Waals surface area (Å²) >= 11 is 0. The van der Waals surface area contributed by atoms with Crippen molar-refractivity contribution in [3.63, 3.8) is 0 Å². The molecule has 6 N–H and O–H groups in total. The van der Waals surface area contributed by atoms with Gasteiger partial charge in [-0.1, -0.05) is 6.07 Å². The zero-order valence-electron chi connectivity index (χ0n) is 19.7. The van der Waals surface area contributed by atoms with Crippen molar-refractivity contribution in [1.82, 2.24) is 15.3 Å². The van der Waals surface area contributed by atoms with E-state index >= 15 is 0 Å². The second-order valence-corrected chi connectivity index (χ2v) is 8.09. The molecule has 0 aliphatic carbocycles. The van der Waals surface area contributed by atoms with Gasteiger partial charge in [-0.25, -0.2) is 9.18 Å². The Labute approximate surface area is 211 Å². The van der Waals surface area contributed by atoms with Gasteiger partial charge in [0.1, 0.15) is 23.5 Å². The third-order valence-electron chi connectivity index (χ3n) is 5.19. The maximum absolute atomic E-state index is 13.9. The first-order chi connectivity index (χ1) is 17.8. The molecule has 0 aliphatic heterocycles. The van der Waals surface area contributed by atoms with Crippen LogP contribution < -0.4 is 20.7 Å². The van der Waals surface area contributed by atoms with Crippen molar-refractivity contribution in [2.45, 2.75) is 13.2 Å². The van der Waals surface area contributed by atoms with Gasteiger partial charge in [0, 0.05) is 29.7 Å². The van der Waals surface area contributed by atoms with Crippen molar-refractivity contribution in [2.24, 2.45) is 0 Å². The number of carboxylic acid groups (broad SMARTS) is 1. The minimum absolute atomic E-state index is 0.0890. The van der Waals surface area contributed by atoms with Crippen LogP contribution in [0.5, 0.6) is 11.5 Å². The minimum Gasteiger partial charge on any atom is -0.480 e. The van der Waals surface area contributed by atoms with Crippen LogP contribution in [0.4, 0.5) is 20.6 Å². The third-order valence-corrected chi connectivity index (χ3v) is 5.19. The molecule has 37 heavy (non-hydrogen) atoms. The minimum atomic E-state index is -1.15. The number of aromatic nitrogens is 2. The van der Waals surface area contributed by atoms with E-state index < -0.39 is 24.0 Å². The summed E-state index contributed by atoms with van der Waals surface area (Å²) < 4.78 is 19.7. The summed E-state index contributed by atoms with van der Waals surface area (Å²) in [7, 11) is 0. The van der Waals surface area contributed by atoms with Gasteiger partial charge < -0.3 is 30.6 Å². The standard InChI is InChI=1S/C26H24FN5O5/c1-15-2-7-20(27)21(10-15)32-26(36)31-17-3-5-18(6-4-17)37-19-8-9-28-23(12-19)22-11-16(13-29-22)25(35)30-14-24(33)34/h2-13,25,29-30,35H,14H2,1H3,(H,33,34)(H2,31,32,36). The van der Waals surface area contributed by atoms with Crippen LogP contribution in [0.2, 0.25) is 0 Å². The van der Waals surface area contributed by atoms with Crippen molar-refractivity contribution in [3.05, 3.63) is 90.0 Å². The fraction of sp³-hybridized carbons (Fsp3) is 0.115. The number of aliphatic carboxylic acids is 1. The predicted molar refractivity (Wildman–Crippen MR) is 135 cm³/mol. The fourth-order valence-electron chi connectivity index (χ4n) is 3.40. The first-order valence-electron chi connectivity index (χ1n) is 11.2. The Hall–Kier alpha value is -4.74. The topological polar surface area (TPSA) is 149 Å². The molecule has 2 amide bonds. The molecule has 0 saturated heterocycles. The molecule has 0 bridgehead atoms. The molecular weight excluding hydrogens is 481 g/mol. The number of carbonyl (C=O) groups excluding carboxylic acids is 1. The van der Waals surface area contributed by atoms with E-state index in [-0.39, 0.29) is 12.2 Å². The first-order valence-corrected chi connectivity index (χ1v) is 11.2. The number of benzene rings is 2. The van der Waals surface area contributed by atoms with E-state index in [9.17, 15) is 19.1 Å². The number of nitrogens with one attached hydrogen (secondary N) is 4. The van der Waals surface area contributed by atoms with Gasteiger partial charge in [0.2, 0.25) is 0 Å². The van der Waals surface area contributed by atoms with E-state index in [0.29, 0.717) is 34.1 Å². The molecule has 4 rings (SSSR count). The van der Waals surface area contributed by atoms with Gasteiger partial charge in [0.15, 0.2) is 0 Å². The van der Waals surface area contributed by atoms with Crippen molar-refractivity contribution < 1.29 is 28.9 Å². The lowest BCUT2D eigenvalue weighted by atomic mass is 10.2. The number of anilines is 2. The van der Waals surface area contributed by atoms with E-state index in [2.05, 4.69) is 25.9 Å². The van der Waals surface area contributed by atoms with E-state index in [1.165, 1.54) is 6.07 Å². The fourth-order valence-corrected chi connectivity index (χ4v) is 3.40. The number of aliphatic hydroxyl groups excluding tert-OH is 1. The smallest absolute Gasteiger partial charge is 0.323 e. The molecule has 0 saturated carbocycles. The number of carbonyl (C=O) groups is 2.